The van der Waals surface area contributed by atoms with Gasteiger partial charge in [0.1, 0.15) is 5.82 Å². The summed E-state index contributed by atoms with van der Waals surface area (Å²) in [7, 11) is 1.40. The molecule has 1 aromatic rings. The van der Waals surface area contributed by atoms with Gasteiger partial charge in [0.05, 0.1) is 7.11 Å². The number of nitrogens with two attached hydrogens (primary N) is 1. The minimum absolute atomic E-state index is 0. The highest BCUT2D eigenvalue weighted by atomic mass is 35.5. The molecule has 1 fully saturated rings. The maximum Gasteiger partial charge on any atom is 0.163 e. The summed E-state index contributed by atoms with van der Waals surface area (Å²) in [5, 5.41) is 9.88. The third-order valence-electron chi connectivity index (χ3n) is 3.31. The van der Waals surface area contributed by atoms with Crippen LogP contribution in [0.5, 0.6) is 11.5 Å². The van der Waals surface area contributed by atoms with Crippen molar-refractivity contribution in [1.29, 1.82) is 0 Å². The summed E-state index contributed by atoms with van der Waals surface area (Å²) < 4.78 is 18.2. The molecule has 0 spiro atoms. The fourth-order valence-electron chi connectivity index (χ4n) is 2.06. The zero-order chi connectivity index (χ0) is 11.7. The van der Waals surface area contributed by atoms with Crippen molar-refractivity contribution in [2.75, 3.05) is 7.11 Å². The molecule has 96 valence electrons. The van der Waals surface area contributed by atoms with Gasteiger partial charge < -0.3 is 15.6 Å². The van der Waals surface area contributed by atoms with E-state index in [1.54, 1.807) is 0 Å². The minimum atomic E-state index is -0.431. The molecule has 3 N–H and O–H groups in total. The van der Waals surface area contributed by atoms with Gasteiger partial charge in [0.25, 0.3) is 0 Å². The predicted molar refractivity (Wildman–Crippen MR) is 66.1 cm³/mol. The Balaban J connectivity index is 0.00000144. The molecular weight excluding hydrogens is 245 g/mol. The third-order valence-corrected chi connectivity index (χ3v) is 3.31. The van der Waals surface area contributed by atoms with Gasteiger partial charge in [0.2, 0.25) is 0 Å². The predicted octanol–water partition coefficient (Wildman–Crippen LogP) is 2.76. The van der Waals surface area contributed by atoms with Crippen molar-refractivity contribution in [3.63, 3.8) is 0 Å². The molecule has 0 saturated heterocycles. The largest absolute Gasteiger partial charge is 0.504 e. The van der Waals surface area contributed by atoms with Crippen molar-refractivity contribution >= 4 is 12.4 Å². The van der Waals surface area contributed by atoms with Crippen molar-refractivity contribution in [2.24, 2.45) is 11.7 Å². The van der Waals surface area contributed by atoms with Gasteiger partial charge >= 0.3 is 0 Å². The van der Waals surface area contributed by atoms with E-state index in [1.165, 1.54) is 13.2 Å². The van der Waals surface area contributed by atoms with E-state index < -0.39 is 5.82 Å². The summed E-state index contributed by atoms with van der Waals surface area (Å²) in [6, 6.07) is 2.14. The van der Waals surface area contributed by atoms with Crippen LogP contribution in [0.2, 0.25) is 0 Å². The molecule has 0 heterocycles. The molecular formula is C12H17ClFNO2. The van der Waals surface area contributed by atoms with Crippen LogP contribution in [-0.2, 0) is 0 Å². The maximum atomic E-state index is 13.3. The molecule has 17 heavy (non-hydrogen) atoms. The molecule has 2 rings (SSSR count). The van der Waals surface area contributed by atoms with Crippen LogP contribution in [0.25, 0.3) is 0 Å². The number of hydrogen-bond donors (Lipinski definition) is 2. The molecule has 1 saturated carbocycles. The highest BCUT2D eigenvalue weighted by molar-refractivity contribution is 5.85. The first-order valence-corrected chi connectivity index (χ1v) is 5.45. The maximum absolute atomic E-state index is 13.3. The lowest BCUT2D eigenvalue weighted by Gasteiger charge is -2.31. The Morgan fingerprint density at radius 1 is 1.47 bits per heavy atom. The highest BCUT2D eigenvalue weighted by Gasteiger charge is 2.28. The zero-order valence-corrected chi connectivity index (χ0v) is 10.5. The molecule has 1 aliphatic carbocycles. The van der Waals surface area contributed by atoms with Gasteiger partial charge in [0, 0.05) is 17.7 Å². The average Bonchev–Trinajstić information content (AvgIpc) is 2.18. The number of rotatable bonds is 3. The van der Waals surface area contributed by atoms with Gasteiger partial charge in [-0.25, -0.2) is 4.39 Å². The van der Waals surface area contributed by atoms with E-state index in [-0.39, 0.29) is 29.9 Å². The van der Waals surface area contributed by atoms with E-state index in [1.807, 2.05) is 0 Å². The molecule has 0 unspecified atom stereocenters. The second-order valence-corrected chi connectivity index (χ2v) is 4.26. The number of hydrogen-bond acceptors (Lipinski definition) is 3. The van der Waals surface area contributed by atoms with Crippen LogP contribution in [-0.4, -0.2) is 12.2 Å². The first-order valence-electron chi connectivity index (χ1n) is 5.45. The average molecular weight is 262 g/mol. The molecule has 1 atom stereocenters. The quantitative estimate of drug-likeness (QED) is 0.880. The van der Waals surface area contributed by atoms with E-state index in [2.05, 4.69) is 0 Å². The Kier molecular flexibility index (Phi) is 4.60. The molecule has 0 bridgehead atoms. The fourth-order valence-corrected chi connectivity index (χ4v) is 2.06. The summed E-state index contributed by atoms with van der Waals surface area (Å²) in [4.78, 5) is 0. The molecule has 1 aliphatic rings. The summed E-state index contributed by atoms with van der Waals surface area (Å²) >= 11 is 0. The number of ether oxygens (including phenoxy) is 1. The number of aromatic hydroxyl groups is 1. The summed E-state index contributed by atoms with van der Waals surface area (Å²) in [5.74, 6) is 0.0184. The van der Waals surface area contributed by atoms with E-state index in [0.29, 0.717) is 11.5 Å². The van der Waals surface area contributed by atoms with Gasteiger partial charge in [0.15, 0.2) is 11.5 Å². The first-order chi connectivity index (χ1) is 7.63. The van der Waals surface area contributed by atoms with E-state index in [4.69, 9.17) is 10.5 Å². The van der Waals surface area contributed by atoms with Gasteiger partial charge in [-0.2, -0.15) is 0 Å². The van der Waals surface area contributed by atoms with Crippen LogP contribution in [0.4, 0.5) is 4.39 Å². The Morgan fingerprint density at radius 2 is 2.12 bits per heavy atom. The van der Waals surface area contributed by atoms with Crippen LogP contribution < -0.4 is 10.5 Å². The molecule has 0 amide bonds. The van der Waals surface area contributed by atoms with Crippen molar-refractivity contribution in [3.8, 4) is 11.5 Å². The fraction of sp³-hybridized carbons (Fsp3) is 0.500. The van der Waals surface area contributed by atoms with Gasteiger partial charge in [-0.3, -0.25) is 0 Å². The second-order valence-electron chi connectivity index (χ2n) is 4.26. The molecule has 5 heteroatoms. The summed E-state index contributed by atoms with van der Waals surface area (Å²) in [6.07, 6.45) is 3.24. The topological polar surface area (TPSA) is 55.5 Å². The highest BCUT2D eigenvalue weighted by Crippen LogP contribution is 2.42. The van der Waals surface area contributed by atoms with Crippen molar-refractivity contribution in [1.82, 2.24) is 0 Å². The normalized spacial score (nSPS) is 16.9. The Labute approximate surface area is 106 Å². The minimum Gasteiger partial charge on any atom is -0.504 e. The van der Waals surface area contributed by atoms with E-state index >= 15 is 0 Å². The second kappa shape index (κ2) is 5.56. The Morgan fingerprint density at radius 3 is 2.59 bits per heavy atom. The van der Waals surface area contributed by atoms with Crippen LogP contribution in [0.3, 0.4) is 0 Å². The van der Waals surface area contributed by atoms with Crippen molar-refractivity contribution in [2.45, 2.75) is 25.3 Å². The van der Waals surface area contributed by atoms with Crippen molar-refractivity contribution in [3.05, 3.63) is 23.5 Å². The number of phenolic OH excluding ortho intramolecular Hbond substituents is 1. The Bertz CT molecular complexity index is 396. The number of methoxy groups -OCH3 is 1. The SMILES string of the molecule is COc1cc(F)cc([C@@H](N)C2CCC2)c1O.Cl. The monoisotopic (exact) mass is 261 g/mol. The van der Waals surface area contributed by atoms with Crippen molar-refractivity contribution < 1.29 is 14.2 Å². The van der Waals surface area contributed by atoms with Crippen LogP contribution in [0, 0.1) is 11.7 Å². The molecule has 0 aromatic heterocycles. The summed E-state index contributed by atoms with van der Waals surface area (Å²) in [6.45, 7) is 0. The van der Waals surface area contributed by atoms with Gasteiger partial charge in [-0.1, -0.05) is 6.42 Å². The molecule has 1 aromatic carbocycles. The first kappa shape index (κ1) is 14.1. The lowest BCUT2D eigenvalue weighted by molar-refractivity contribution is 0.258. The molecule has 3 nitrogen and oxygen atoms in total. The lowest BCUT2D eigenvalue weighted by atomic mass is 9.77. The number of phenols is 1. The number of halogens is 2. The van der Waals surface area contributed by atoms with E-state index in [9.17, 15) is 9.50 Å². The van der Waals surface area contributed by atoms with Crippen LogP contribution in [0.1, 0.15) is 30.9 Å². The molecule has 0 radical (unpaired) electrons. The van der Waals surface area contributed by atoms with Crippen LogP contribution >= 0.6 is 12.4 Å². The number of benzene rings is 1. The van der Waals surface area contributed by atoms with Crippen LogP contribution in [0.15, 0.2) is 12.1 Å². The van der Waals surface area contributed by atoms with Gasteiger partial charge in [-0.05, 0) is 24.8 Å². The zero-order valence-electron chi connectivity index (χ0n) is 9.65. The van der Waals surface area contributed by atoms with Gasteiger partial charge in [-0.15, -0.1) is 12.4 Å². The smallest absolute Gasteiger partial charge is 0.163 e. The summed E-state index contributed by atoms with van der Waals surface area (Å²) in [5.41, 5.74) is 6.46. The standard InChI is InChI=1S/C12H16FNO2.ClH/c1-16-10-6-8(13)5-9(12(10)15)11(14)7-3-2-4-7;/h5-7,11,15H,2-4,14H2,1H3;1H/t11-;/m0./s1. The third kappa shape index (κ3) is 2.64. The Hall–Kier alpha value is -1.00. The molecule has 0 aliphatic heterocycles. The van der Waals surface area contributed by atoms with E-state index in [0.717, 1.165) is 25.3 Å². The lowest BCUT2D eigenvalue weighted by Crippen LogP contribution is -2.27.